The third-order valence-electron chi connectivity index (χ3n) is 2.61. The van der Waals surface area contributed by atoms with Crippen LogP contribution in [0.1, 0.15) is 12.5 Å². The summed E-state index contributed by atoms with van der Waals surface area (Å²) < 4.78 is 25.8. The Labute approximate surface area is 104 Å². The van der Waals surface area contributed by atoms with E-state index in [9.17, 15) is 13.2 Å². The molecule has 1 aliphatic rings. The molecule has 2 N–H and O–H groups in total. The van der Waals surface area contributed by atoms with Gasteiger partial charge in [0.2, 0.25) is 0 Å². The Morgan fingerprint density at radius 1 is 1.44 bits per heavy atom. The average Bonchev–Trinajstić information content (AvgIpc) is 2.59. The van der Waals surface area contributed by atoms with Crippen molar-refractivity contribution in [2.24, 2.45) is 10.9 Å². The van der Waals surface area contributed by atoms with Crippen LogP contribution in [0.3, 0.4) is 0 Å². The van der Waals surface area contributed by atoms with Crippen molar-refractivity contribution in [2.75, 3.05) is 6.54 Å². The summed E-state index contributed by atoms with van der Waals surface area (Å²) in [4.78, 5) is 14.9. The van der Waals surface area contributed by atoms with E-state index in [4.69, 9.17) is 5.11 Å². The molecule has 0 aliphatic carbocycles. The normalized spacial score (nSPS) is 20.2. The molecule has 1 unspecified atom stereocenters. The summed E-state index contributed by atoms with van der Waals surface area (Å²) in [5.41, 5.74) is 0.482. The largest absolute Gasteiger partial charge is 0.481 e. The van der Waals surface area contributed by atoms with Gasteiger partial charge in [-0.1, -0.05) is 19.1 Å². The van der Waals surface area contributed by atoms with Crippen LogP contribution in [0.4, 0.5) is 0 Å². The molecule has 6 nitrogen and oxygen atoms in total. The minimum atomic E-state index is -3.55. The highest BCUT2D eigenvalue weighted by Gasteiger charge is 2.30. The van der Waals surface area contributed by atoms with Gasteiger partial charge in [-0.2, -0.15) is 0 Å². The predicted molar refractivity (Wildman–Crippen MR) is 65.0 cm³/mol. The topological polar surface area (TPSA) is 95.8 Å². The quantitative estimate of drug-likeness (QED) is 0.831. The molecule has 2 rings (SSSR count). The fourth-order valence-electron chi connectivity index (χ4n) is 1.56. The lowest BCUT2D eigenvalue weighted by Gasteiger charge is -2.03. The van der Waals surface area contributed by atoms with Crippen LogP contribution in [0, 0.1) is 5.92 Å². The Hall–Kier alpha value is -1.89. The number of carbonyl (C=O) groups is 1. The number of nitrogens with one attached hydrogen (secondary N) is 1. The molecule has 0 amide bonds. The van der Waals surface area contributed by atoms with Gasteiger partial charge in [0.05, 0.1) is 17.4 Å². The Kier molecular flexibility index (Phi) is 3.08. The molecule has 0 aromatic heterocycles. The minimum Gasteiger partial charge on any atom is -0.481 e. The van der Waals surface area contributed by atoms with Crippen molar-refractivity contribution in [1.82, 2.24) is 4.72 Å². The van der Waals surface area contributed by atoms with Crippen molar-refractivity contribution in [1.29, 1.82) is 0 Å². The third-order valence-corrected chi connectivity index (χ3v) is 4.00. The molecule has 18 heavy (non-hydrogen) atoms. The van der Waals surface area contributed by atoms with Crippen LogP contribution in [0.25, 0.3) is 0 Å². The number of benzene rings is 1. The number of aliphatic carboxylic acids is 1. The lowest BCUT2D eigenvalue weighted by molar-refractivity contribution is -0.140. The number of nitrogens with zero attached hydrogens (tertiary/aromatic N) is 1. The summed E-state index contributed by atoms with van der Waals surface area (Å²) in [5.74, 6) is -1.41. The molecule has 0 spiro atoms. The fourth-order valence-corrected chi connectivity index (χ4v) is 2.81. The molecule has 0 bridgehead atoms. The van der Waals surface area contributed by atoms with Crippen LogP contribution in [-0.2, 0) is 14.8 Å². The smallest absolute Gasteiger partial charge is 0.308 e. The Bertz CT molecular complexity index is 622. The molecule has 0 saturated heterocycles. The van der Waals surface area contributed by atoms with Gasteiger partial charge in [0, 0.05) is 5.56 Å². The Morgan fingerprint density at radius 3 is 2.78 bits per heavy atom. The van der Waals surface area contributed by atoms with Crippen LogP contribution >= 0.6 is 0 Å². The lowest BCUT2D eigenvalue weighted by Crippen LogP contribution is -2.23. The summed E-state index contributed by atoms with van der Waals surface area (Å²) >= 11 is 0. The molecule has 0 fully saturated rings. The molecule has 7 heteroatoms. The van der Waals surface area contributed by atoms with E-state index < -0.39 is 21.9 Å². The number of sulfonamides is 1. The number of carboxylic acids is 1. The summed E-state index contributed by atoms with van der Waals surface area (Å²) in [5, 5.41) is 8.75. The van der Waals surface area contributed by atoms with E-state index in [-0.39, 0.29) is 17.3 Å². The van der Waals surface area contributed by atoms with Gasteiger partial charge in [0.1, 0.15) is 5.84 Å². The van der Waals surface area contributed by atoms with E-state index in [1.807, 2.05) is 0 Å². The molecule has 1 aliphatic heterocycles. The van der Waals surface area contributed by atoms with Gasteiger partial charge in [-0.05, 0) is 12.1 Å². The number of fused-ring (bicyclic) bond motifs is 1. The molecule has 0 radical (unpaired) electrons. The van der Waals surface area contributed by atoms with Gasteiger partial charge < -0.3 is 5.11 Å². The van der Waals surface area contributed by atoms with Gasteiger partial charge in [-0.3, -0.25) is 14.5 Å². The zero-order valence-corrected chi connectivity index (χ0v) is 10.4. The van der Waals surface area contributed by atoms with Crippen molar-refractivity contribution in [2.45, 2.75) is 11.8 Å². The van der Waals surface area contributed by atoms with Gasteiger partial charge in [-0.15, -0.1) is 0 Å². The second-order valence-corrected chi connectivity index (χ2v) is 5.68. The predicted octanol–water partition coefficient (Wildman–Crippen LogP) is 0.446. The van der Waals surface area contributed by atoms with Gasteiger partial charge in [-0.25, -0.2) is 8.42 Å². The van der Waals surface area contributed by atoms with Gasteiger partial charge >= 0.3 is 5.97 Å². The highest BCUT2D eigenvalue weighted by molar-refractivity contribution is 7.90. The van der Waals surface area contributed by atoms with Crippen LogP contribution in [0.15, 0.2) is 34.2 Å². The first-order valence-corrected chi connectivity index (χ1v) is 6.79. The van der Waals surface area contributed by atoms with Crippen molar-refractivity contribution in [3.8, 4) is 0 Å². The highest BCUT2D eigenvalue weighted by Crippen LogP contribution is 2.22. The Balaban J connectivity index is 2.34. The molecule has 0 saturated carbocycles. The van der Waals surface area contributed by atoms with E-state index in [1.54, 1.807) is 18.2 Å². The summed E-state index contributed by atoms with van der Waals surface area (Å²) in [6, 6.07) is 6.45. The minimum absolute atomic E-state index is 0.0293. The number of hydrogen-bond acceptors (Lipinski definition) is 4. The molecular weight excluding hydrogens is 256 g/mol. The maximum atomic E-state index is 11.7. The summed E-state index contributed by atoms with van der Waals surface area (Å²) in [6.45, 7) is 1.54. The van der Waals surface area contributed by atoms with Gasteiger partial charge in [0.25, 0.3) is 10.0 Å². The van der Waals surface area contributed by atoms with Gasteiger partial charge in [0.15, 0.2) is 0 Å². The van der Waals surface area contributed by atoms with E-state index in [0.717, 1.165) is 0 Å². The molecule has 1 aromatic rings. The number of carboxylic acid groups (broad SMARTS) is 1. The Morgan fingerprint density at radius 2 is 2.11 bits per heavy atom. The monoisotopic (exact) mass is 268 g/mol. The van der Waals surface area contributed by atoms with Crippen molar-refractivity contribution >= 4 is 21.8 Å². The maximum absolute atomic E-state index is 11.7. The van der Waals surface area contributed by atoms with E-state index in [2.05, 4.69) is 9.71 Å². The number of rotatable bonds is 3. The second-order valence-electron chi connectivity index (χ2n) is 4.03. The highest BCUT2D eigenvalue weighted by atomic mass is 32.2. The second kappa shape index (κ2) is 4.41. The summed E-state index contributed by atoms with van der Waals surface area (Å²) in [6.07, 6.45) is 0. The first-order chi connectivity index (χ1) is 8.42. The molecule has 1 atom stereocenters. The summed E-state index contributed by atoms with van der Waals surface area (Å²) in [7, 11) is -3.55. The van der Waals surface area contributed by atoms with E-state index in [1.165, 1.54) is 13.0 Å². The molecule has 96 valence electrons. The van der Waals surface area contributed by atoms with Crippen molar-refractivity contribution < 1.29 is 18.3 Å². The van der Waals surface area contributed by atoms with Crippen LogP contribution < -0.4 is 4.72 Å². The SMILES string of the molecule is CC(CN=C1NS(=O)(=O)c2ccccc21)C(=O)O. The molecular formula is C11H12N2O4S. The number of aliphatic imine (C=N–C) groups is 1. The molecule has 1 heterocycles. The van der Waals surface area contributed by atoms with E-state index in [0.29, 0.717) is 5.56 Å². The molecule has 1 aromatic carbocycles. The first kappa shape index (κ1) is 12.6. The number of amidine groups is 1. The van der Waals surface area contributed by atoms with E-state index >= 15 is 0 Å². The number of hydrogen-bond donors (Lipinski definition) is 2. The maximum Gasteiger partial charge on any atom is 0.308 e. The van der Waals surface area contributed by atoms with Crippen molar-refractivity contribution in [3.63, 3.8) is 0 Å². The fraction of sp³-hybridized carbons (Fsp3) is 0.273. The van der Waals surface area contributed by atoms with Crippen LogP contribution in [0.2, 0.25) is 0 Å². The third kappa shape index (κ3) is 2.21. The van der Waals surface area contributed by atoms with Crippen LogP contribution in [0.5, 0.6) is 0 Å². The standard InChI is InChI=1S/C11H12N2O4S/c1-7(11(14)15)6-12-10-8-4-2-3-5-9(8)18(16,17)13-10/h2-5,7H,6H2,1H3,(H,12,13)(H,14,15). The zero-order valence-electron chi connectivity index (χ0n) is 9.62. The first-order valence-electron chi connectivity index (χ1n) is 5.31. The zero-order chi connectivity index (χ0) is 13.3. The van der Waals surface area contributed by atoms with Crippen LogP contribution in [-0.4, -0.2) is 31.9 Å². The average molecular weight is 268 g/mol. The lowest BCUT2D eigenvalue weighted by atomic mass is 10.2. The van der Waals surface area contributed by atoms with Crippen molar-refractivity contribution in [3.05, 3.63) is 29.8 Å².